The molecule has 0 aliphatic heterocycles. The fourth-order valence-corrected chi connectivity index (χ4v) is 1.78. The van der Waals surface area contributed by atoms with Crippen LogP contribution >= 0.6 is 0 Å². The van der Waals surface area contributed by atoms with Crippen molar-refractivity contribution in [2.75, 3.05) is 37.8 Å². The second-order valence-electron chi connectivity index (χ2n) is 4.54. The van der Waals surface area contributed by atoms with Gasteiger partial charge in [-0.15, -0.1) is 0 Å². The van der Waals surface area contributed by atoms with Crippen molar-refractivity contribution in [3.8, 4) is 5.88 Å². The molecule has 0 radical (unpaired) electrons. The van der Waals surface area contributed by atoms with Gasteiger partial charge in [-0.05, 0) is 26.8 Å². The van der Waals surface area contributed by atoms with Crippen molar-refractivity contribution in [2.24, 2.45) is 0 Å². The molecule has 0 atom stereocenters. The van der Waals surface area contributed by atoms with E-state index in [2.05, 4.69) is 27.2 Å². The van der Waals surface area contributed by atoms with Gasteiger partial charge in [-0.2, -0.15) is 9.97 Å². The zero-order valence-electron chi connectivity index (χ0n) is 11.0. The van der Waals surface area contributed by atoms with Crippen LogP contribution < -0.4 is 15.8 Å². The van der Waals surface area contributed by atoms with Crippen LogP contribution in [0.4, 0.5) is 11.8 Å². The van der Waals surface area contributed by atoms with Gasteiger partial charge >= 0.3 is 0 Å². The van der Waals surface area contributed by atoms with Gasteiger partial charge < -0.3 is 20.7 Å². The first-order chi connectivity index (χ1) is 8.69. The van der Waals surface area contributed by atoms with Gasteiger partial charge in [-0.25, -0.2) is 0 Å². The predicted octanol–water partition coefficient (Wildman–Crippen LogP) is 0.964. The topological polar surface area (TPSA) is 76.3 Å². The van der Waals surface area contributed by atoms with Crippen molar-refractivity contribution in [1.29, 1.82) is 0 Å². The number of hydrogen-bond acceptors (Lipinski definition) is 6. The van der Waals surface area contributed by atoms with Gasteiger partial charge in [0.15, 0.2) is 0 Å². The van der Waals surface area contributed by atoms with E-state index >= 15 is 0 Å². The number of aromatic nitrogens is 2. The number of hydrogen-bond donors (Lipinski definition) is 2. The molecule has 1 aromatic rings. The van der Waals surface area contributed by atoms with Crippen LogP contribution in [0.5, 0.6) is 5.88 Å². The van der Waals surface area contributed by atoms with E-state index in [0.29, 0.717) is 18.3 Å². The summed E-state index contributed by atoms with van der Waals surface area (Å²) in [5, 5.41) is 3.09. The van der Waals surface area contributed by atoms with Gasteiger partial charge in [0.2, 0.25) is 11.8 Å². The van der Waals surface area contributed by atoms with Gasteiger partial charge in [-0.3, -0.25) is 0 Å². The third-order valence-electron chi connectivity index (χ3n) is 2.94. The number of nitrogens with two attached hydrogens (primary N) is 1. The van der Waals surface area contributed by atoms with E-state index in [4.69, 9.17) is 10.5 Å². The molecule has 1 aliphatic carbocycles. The van der Waals surface area contributed by atoms with Gasteiger partial charge in [0.05, 0.1) is 0 Å². The molecule has 0 amide bonds. The minimum absolute atomic E-state index is 0.235. The SMILES string of the molecule is CCNc1cc(OCCN(C)C2CC2)nc(N)n1. The molecule has 1 aromatic heterocycles. The Morgan fingerprint density at radius 3 is 2.94 bits per heavy atom. The number of nitrogens with one attached hydrogen (secondary N) is 1. The molecule has 100 valence electrons. The van der Waals surface area contributed by atoms with Gasteiger partial charge in [0, 0.05) is 25.2 Å². The van der Waals surface area contributed by atoms with E-state index < -0.39 is 0 Å². The Kier molecular flexibility index (Phi) is 4.19. The van der Waals surface area contributed by atoms with Crippen LogP contribution in [0.15, 0.2) is 6.07 Å². The molecule has 3 N–H and O–H groups in total. The van der Waals surface area contributed by atoms with E-state index in [9.17, 15) is 0 Å². The monoisotopic (exact) mass is 251 g/mol. The Labute approximate surface area is 108 Å². The summed E-state index contributed by atoms with van der Waals surface area (Å²) in [7, 11) is 2.12. The van der Waals surface area contributed by atoms with Crippen LogP contribution in [0, 0.1) is 0 Å². The summed E-state index contributed by atoms with van der Waals surface area (Å²) in [6.45, 7) is 4.32. The van der Waals surface area contributed by atoms with E-state index in [-0.39, 0.29) is 5.95 Å². The summed E-state index contributed by atoms with van der Waals surface area (Å²) in [6.07, 6.45) is 2.61. The largest absolute Gasteiger partial charge is 0.476 e. The lowest BCUT2D eigenvalue weighted by atomic mass is 10.5. The molecule has 1 fully saturated rings. The van der Waals surface area contributed by atoms with Crippen molar-refractivity contribution in [1.82, 2.24) is 14.9 Å². The molecule has 0 bridgehead atoms. The third kappa shape index (κ3) is 3.73. The summed E-state index contributed by atoms with van der Waals surface area (Å²) in [5.41, 5.74) is 5.63. The zero-order chi connectivity index (χ0) is 13.0. The molecule has 2 rings (SSSR count). The molecule has 1 aliphatic rings. The molecule has 18 heavy (non-hydrogen) atoms. The summed E-state index contributed by atoms with van der Waals surface area (Å²) in [6, 6.07) is 2.53. The molecular formula is C12H21N5O. The quantitative estimate of drug-likeness (QED) is 0.752. The Bertz CT molecular complexity index is 394. The lowest BCUT2D eigenvalue weighted by molar-refractivity contribution is 0.226. The average molecular weight is 251 g/mol. The maximum absolute atomic E-state index is 5.63. The average Bonchev–Trinajstić information content (AvgIpc) is 3.12. The summed E-state index contributed by atoms with van der Waals surface area (Å²) >= 11 is 0. The Hall–Kier alpha value is -1.56. The highest BCUT2D eigenvalue weighted by Crippen LogP contribution is 2.24. The highest BCUT2D eigenvalue weighted by atomic mass is 16.5. The number of likely N-dealkylation sites (N-methyl/N-ethyl adjacent to an activating group) is 1. The first-order valence-electron chi connectivity index (χ1n) is 6.40. The van der Waals surface area contributed by atoms with Crippen molar-refractivity contribution in [3.05, 3.63) is 6.07 Å². The number of anilines is 2. The third-order valence-corrected chi connectivity index (χ3v) is 2.94. The highest BCUT2D eigenvalue weighted by molar-refractivity contribution is 5.42. The summed E-state index contributed by atoms with van der Waals surface area (Å²) in [4.78, 5) is 10.4. The van der Waals surface area contributed by atoms with Crippen LogP contribution in [0.25, 0.3) is 0 Å². The molecular weight excluding hydrogens is 230 g/mol. The summed E-state index contributed by atoms with van der Waals surface area (Å²) < 4.78 is 5.61. The Morgan fingerprint density at radius 1 is 1.50 bits per heavy atom. The van der Waals surface area contributed by atoms with Gasteiger partial charge in [0.25, 0.3) is 0 Å². The van der Waals surface area contributed by atoms with Crippen molar-refractivity contribution < 1.29 is 4.74 Å². The van der Waals surface area contributed by atoms with Crippen LogP contribution in [0.1, 0.15) is 19.8 Å². The van der Waals surface area contributed by atoms with E-state index in [1.54, 1.807) is 6.07 Å². The standard InChI is InChI=1S/C12H21N5O/c1-3-14-10-8-11(16-12(13)15-10)18-7-6-17(2)9-4-5-9/h8-9H,3-7H2,1-2H3,(H3,13,14,15,16). The van der Waals surface area contributed by atoms with Crippen molar-refractivity contribution >= 4 is 11.8 Å². The fraction of sp³-hybridized carbons (Fsp3) is 0.667. The number of nitrogens with zero attached hydrogens (tertiary/aromatic N) is 3. The van der Waals surface area contributed by atoms with Crippen LogP contribution in [0.2, 0.25) is 0 Å². The molecule has 0 unspecified atom stereocenters. The maximum atomic E-state index is 5.63. The van der Waals surface area contributed by atoms with E-state index in [1.165, 1.54) is 12.8 Å². The van der Waals surface area contributed by atoms with Gasteiger partial charge in [-0.1, -0.05) is 0 Å². The highest BCUT2D eigenvalue weighted by Gasteiger charge is 2.25. The lowest BCUT2D eigenvalue weighted by Crippen LogP contribution is -2.26. The van der Waals surface area contributed by atoms with E-state index in [1.807, 2.05) is 6.92 Å². The molecule has 6 heteroatoms. The van der Waals surface area contributed by atoms with E-state index in [0.717, 1.165) is 19.1 Å². The molecule has 0 saturated heterocycles. The molecule has 0 aromatic carbocycles. The molecule has 1 heterocycles. The lowest BCUT2D eigenvalue weighted by Gasteiger charge is -2.15. The number of nitrogen functional groups attached to an aromatic ring is 1. The molecule has 1 saturated carbocycles. The first kappa shape index (κ1) is 12.9. The second kappa shape index (κ2) is 5.86. The Morgan fingerprint density at radius 2 is 2.28 bits per heavy atom. The smallest absolute Gasteiger partial charge is 0.225 e. The number of rotatable bonds is 7. The minimum atomic E-state index is 0.235. The minimum Gasteiger partial charge on any atom is -0.476 e. The zero-order valence-corrected chi connectivity index (χ0v) is 11.0. The first-order valence-corrected chi connectivity index (χ1v) is 6.40. The maximum Gasteiger partial charge on any atom is 0.225 e. The van der Waals surface area contributed by atoms with Crippen molar-refractivity contribution in [2.45, 2.75) is 25.8 Å². The van der Waals surface area contributed by atoms with Crippen LogP contribution in [-0.4, -0.2) is 47.7 Å². The Balaban J connectivity index is 1.83. The molecule has 0 spiro atoms. The normalized spacial score (nSPS) is 14.8. The van der Waals surface area contributed by atoms with Crippen LogP contribution in [-0.2, 0) is 0 Å². The summed E-state index contributed by atoms with van der Waals surface area (Å²) in [5.74, 6) is 1.47. The number of ether oxygens (including phenoxy) is 1. The fourth-order valence-electron chi connectivity index (χ4n) is 1.78. The predicted molar refractivity (Wildman–Crippen MR) is 71.8 cm³/mol. The second-order valence-corrected chi connectivity index (χ2v) is 4.54. The van der Waals surface area contributed by atoms with Crippen LogP contribution in [0.3, 0.4) is 0 Å². The van der Waals surface area contributed by atoms with Crippen molar-refractivity contribution in [3.63, 3.8) is 0 Å². The van der Waals surface area contributed by atoms with Gasteiger partial charge in [0.1, 0.15) is 12.4 Å². The molecule has 6 nitrogen and oxygen atoms in total.